The lowest BCUT2D eigenvalue weighted by Gasteiger charge is -2.33. The van der Waals surface area contributed by atoms with Gasteiger partial charge in [0.2, 0.25) is 6.41 Å². The van der Waals surface area contributed by atoms with Gasteiger partial charge in [-0.2, -0.15) is 0 Å². The van der Waals surface area contributed by atoms with Gasteiger partial charge in [0.25, 0.3) is 5.91 Å². The third-order valence-electron chi connectivity index (χ3n) is 3.76. The van der Waals surface area contributed by atoms with E-state index in [1.807, 2.05) is 4.90 Å². The number of amides is 2. The van der Waals surface area contributed by atoms with Crippen LogP contribution < -0.4 is 10.2 Å². The van der Waals surface area contributed by atoms with Gasteiger partial charge in [-0.05, 0) is 18.2 Å². The number of halogens is 1. The van der Waals surface area contributed by atoms with Crippen molar-refractivity contribution in [1.29, 1.82) is 0 Å². The van der Waals surface area contributed by atoms with Crippen LogP contribution in [-0.4, -0.2) is 53.4 Å². The number of carbonyl (C=O) groups is 2. The van der Waals surface area contributed by atoms with Crippen molar-refractivity contribution in [2.45, 2.75) is 0 Å². The van der Waals surface area contributed by atoms with Crippen LogP contribution in [0.15, 0.2) is 36.7 Å². The minimum Gasteiger partial charge on any atom is -0.353 e. The fourth-order valence-electron chi connectivity index (χ4n) is 2.46. The molecule has 1 aliphatic rings. The van der Waals surface area contributed by atoms with Gasteiger partial charge in [-0.15, -0.1) is 0 Å². The van der Waals surface area contributed by atoms with Crippen LogP contribution in [0.2, 0.25) is 0 Å². The largest absolute Gasteiger partial charge is 0.353 e. The van der Waals surface area contributed by atoms with Crippen molar-refractivity contribution in [2.75, 3.05) is 36.4 Å². The second-order valence-corrected chi connectivity index (χ2v) is 5.35. The lowest BCUT2D eigenvalue weighted by molar-refractivity contribution is -0.118. The normalized spacial score (nSPS) is 14.4. The quantitative estimate of drug-likeness (QED) is 0.851. The Hall–Kier alpha value is -3.03. The summed E-state index contributed by atoms with van der Waals surface area (Å²) in [6, 6.07) is 7.24. The lowest BCUT2D eigenvalue weighted by atomic mass is 10.2. The molecule has 2 heterocycles. The first-order chi connectivity index (χ1) is 11.7. The number of hydrogen-bond acceptors (Lipinski definition) is 5. The zero-order chi connectivity index (χ0) is 16.9. The van der Waals surface area contributed by atoms with Crippen LogP contribution in [-0.2, 0) is 4.79 Å². The molecule has 8 heteroatoms. The summed E-state index contributed by atoms with van der Waals surface area (Å²) in [5.41, 5.74) is 0.557. The molecule has 24 heavy (non-hydrogen) atoms. The van der Waals surface area contributed by atoms with Crippen LogP contribution in [0, 0.1) is 5.82 Å². The molecular weight excluding hydrogens is 313 g/mol. The number of anilines is 2. The third-order valence-corrected chi connectivity index (χ3v) is 3.76. The van der Waals surface area contributed by atoms with Crippen molar-refractivity contribution >= 4 is 23.8 Å². The Morgan fingerprint density at radius 3 is 2.67 bits per heavy atom. The average molecular weight is 329 g/mol. The summed E-state index contributed by atoms with van der Waals surface area (Å²) in [4.78, 5) is 34.8. The average Bonchev–Trinajstić information content (AvgIpc) is 2.62. The van der Waals surface area contributed by atoms with Gasteiger partial charge < -0.3 is 15.1 Å². The van der Waals surface area contributed by atoms with Crippen molar-refractivity contribution in [2.24, 2.45) is 0 Å². The Labute approximate surface area is 138 Å². The molecule has 0 spiro atoms. The molecule has 7 nitrogen and oxygen atoms in total. The number of benzene rings is 1. The summed E-state index contributed by atoms with van der Waals surface area (Å²) in [7, 11) is 0. The highest BCUT2D eigenvalue weighted by atomic mass is 19.1. The van der Waals surface area contributed by atoms with Gasteiger partial charge in [-0.1, -0.05) is 6.07 Å². The molecule has 1 aliphatic heterocycles. The molecule has 1 N–H and O–H groups in total. The molecule has 0 unspecified atom stereocenters. The van der Waals surface area contributed by atoms with E-state index in [0.717, 1.165) is 6.41 Å². The predicted octanol–water partition coefficient (Wildman–Crippen LogP) is 1.15. The number of nitrogens with zero attached hydrogens (tertiary/aromatic N) is 4. The van der Waals surface area contributed by atoms with Crippen molar-refractivity contribution in [3.63, 3.8) is 0 Å². The van der Waals surface area contributed by atoms with E-state index in [2.05, 4.69) is 15.3 Å². The molecule has 0 aliphatic carbocycles. The Morgan fingerprint density at radius 1 is 1.17 bits per heavy atom. The molecule has 1 saturated heterocycles. The van der Waals surface area contributed by atoms with E-state index in [1.54, 1.807) is 17.0 Å². The Morgan fingerprint density at radius 2 is 1.96 bits per heavy atom. The van der Waals surface area contributed by atoms with Gasteiger partial charge in [0.15, 0.2) is 0 Å². The summed E-state index contributed by atoms with van der Waals surface area (Å²) in [5, 5.41) is 2.60. The van der Waals surface area contributed by atoms with Gasteiger partial charge in [-0.3, -0.25) is 9.59 Å². The summed E-state index contributed by atoms with van der Waals surface area (Å²) >= 11 is 0. The molecule has 0 radical (unpaired) electrons. The zero-order valence-electron chi connectivity index (χ0n) is 12.9. The highest BCUT2D eigenvalue weighted by Crippen LogP contribution is 2.15. The van der Waals surface area contributed by atoms with Crippen molar-refractivity contribution in [1.82, 2.24) is 14.9 Å². The first-order valence-electron chi connectivity index (χ1n) is 7.49. The molecule has 3 rings (SSSR count). The molecular formula is C16H16FN5O2. The second-order valence-electron chi connectivity index (χ2n) is 5.35. The van der Waals surface area contributed by atoms with Gasteiger partial charge in [0, 0.05) is 37.9 Å². The first-order valence-corrected chi connectivity index (χ1v) is 7.49. The molecule has 1 fully saturated rings. The van der Waals surface area contributed by atoms with E-state index < -0.39 is 11.7 Å². The van der Waals surface area contributed by atoms with Gasteiger partial charge in [-0.25, -0.2) is 14.4 Å². The molecule has 0 bridgehead atoms. The van der Waals surface area contributed by atoms with Crippen LogP contribution in [0.3, 0.4) is 0 Å². The minimum atomic E-state index is -0.434. The van der Waals surface area contributed by atoms with Crippen molar-refractivity contribution in [3.8, 4) is 0 Å². The highest BCUT2D eigenvalue weighted by molar-refractivity contribution is 6.03. The molecule has 2 amide bonds. The van der Waals surface area contributed by atoms with Crippen LogP contribution in [0.1, 0.15) is 10.5 Å². The number of hydrogen-bond donors (Lipinski definition) is 1. The zero-order valence-corrected chi connectivity index (χ0v) is 12.9. The van der Waals surface area contributed by atoms with Crippen molar-refractivity contribution < 1.29 is 14.0 Å². The topological polar surface area (TPSA) is 78.4 Å². The SMILES string of the molecule is O=CN1CCN(c2cc(C(=O)Nc3cccc(F)c3)ncn2)CC1. The maximum absolute atomic E-state index is 13.2. The Bertz CT molecular complexity index is 747. The maximum Gasteiger partial charge on any atom is 0.274 e. The number of nitrogens with one attached hydrogen (secondary N) is 1. The molecule has 0 saturated carbocycles. The third kappa shape index (κ3) is 3.65. The Balaban J connectivity index is 1.70. The number of aromatic nitrogens is 2. The van der Waals surface area contributed by atoms with Gasteiger partial charge in [0.1, 0.15) is 23.7 Å². The second kappa shape index (κ2) is 7.03. The number of rotatable bonds is 4. The maximum atomic E-state index is 13.2. The number of piperazine rings is 1. The van der Waals surface area contributed by atoms with Gasteiger partial charge >= 0.3 is 0 Å². The fraction of sp³-hybridized carbons (Fsp3) is 0.250. The van der Waals surface area contributed by atoms with Gasteiger partial charge in [0.05, 0.1) is 0 Å². The summed E-state index contributed by atoms with van der Waals surface area (Å²) in [6.07, 6.45) is 2.15. The lowest BCUT2D eigenvalue weighted by Crippen LogP contribution is -2.46. The summed E-state index contributed by atoms with van der Waals surface area (Å²) < 4.78 is 13.2. The first kappa shape index (κ1) is 15.9. The van der Waals surface area contributed by atoms with E-state index in [4.69, 9.17) is 0 Å². The molecule has 0 atom stereocenters. The predicted molar refractivity (Wildman–Crippen MR) is 86.2 cm³/mol. The van der Waals surface area contributed by atoms with E-state index in [-0.39, 0.29) is 5.69 Å². The minimum absolute atomic E-state index is 0.196. The monoisotopic (exact) mass is 329 g/mol. The van der Waals surface area contributed by atoms with Crippen LogP contribution in [0.25, 0.3) is 0 Å². The Kier molecular flexibility index (Phi) is 4.64. The van der Waals surface area contributed by atoms with Crippen molar-refractivity contribution in [3.05, 3.63) is 48.2 Å². The van der Waals surface area contributed by atoms with Crippen LogP contribution in [0.4, 0.5) is 15.9 Å². The molecule has 2 aromatic rings. The smallest absolute Gasteiger partial charge is 0.274 e. The van der Waals surface area contributed by atoms with Crippen LogP contribution in [0.5, 0.6) is 0 Å². The molecule has 1 aromatic heterocycles. The standard InChI is InChI=1S/C16H16FN5O2/c17-12-2-1-3-13(8-12)20-16(24)14-9-15(19-10-18-14)22-6-4-21(11-23)5-7-22/h1-3,8-11H,4-7H2,(H,20,24). The summed E-state index contributed by atoms with van der Waals surface area (Å²) in [5.74, 6) is -0.236. The van der Waals surface area contributed by atoms with E-state index >= 15 is 0 Å². The van der Waals surface area contributed by atoms with E-state index in [9.17, 15) is 14.0 Å². The molecule has 124 valence electrons. The number of carbonyl (C=O) groups excluding carboxylic acids is 2. The molecule has 1 aromatic carbocycles. The highest BCUT2D eigenvalue weighted by Gasteiger charge is 2.18. The fourth-order valence-corrected chi connectivity index (χ4v) is 2.46. The summed E-state index contributed by atoms with van der Waals surface area (Å²) in [6.45, 7) is 2.50. The van der Waals surface area contributed by atoms with E-state index in [0.29, 0.717) is 37.7 Å². The van der Waals surface area contributed by atoms with Crippen LogP contribution >= 0.6 is 0 Å². The van der Waals surface area contributed by atoms with E-state index in [1.165, 1.54) is 24.5 Å².